The number of aromatic hydroxyl groups is 1. The van der Waals surface area contributed by atoms with Crippen molar-refractivity contribution in [1.82, 2.24) is 4.98 Å². The van der Waals surface area contributed by atoms with Crippen molar-refractivity contribution in [3.8, 4) is 5.75 Å². The Hall–Kier alpha value is -2.03. The summed E-state index contributed by atoms with van der Waals surface area (Å²) in [7, 11) is 0. The van der Waals surface area contributed by atoms with Gasteiger partial charge in [-0.25, -0.2) is 4.98 Å². The number of phenolic OH excluding ortho intramolecular Hbond substituents is 1. The van der Waals surface area contributed by atoms with Crippen molar-refractivity contribution in [3.63, 3.8) is 0 Å². The second-order valence-corrected chi connectivity index (χ2v) is 5.41. The first-order valence-electron chi connectivity index (χ1n) is 6.35. The molecule has 1 heterocycles. The molecule has 2 nitrogen and oxygen atoms in total. The number of rotatable bonds is 2. The van der Waals surface area contributed by atoms with Gasteiger partial charge >= 0.3 is 0 Å². The fourth-order valence-electron chi connectivity index (χ4n) is 2.04. The molecule has 4 heteroatoms. The Balaban J connectivity index is 1.95. The van der Waals surface area contributed by atoms with Crippen LogP contribution in [0.25, 0.3) is 23.1 Å². The molecule has 0 saturated heterocycles. The van der Waals surface area contributed by atoms with E-state index in [4.69, 9.17) is 23.2 Å². The fraction of sp³-hybridized carbons (Fsp3) is 0. The van der Waals surface area contributed by atoms with Crippen LogP contribution in [0.15, 0.2) is 48.5 Å². The predicted molar refractivity (Wildman–Crippen MR) is 88.8 cm³/mol. The third-order valence-corrected chi connectivity index (χ3v) is 3.85. The van der Waals surface area contributed by atoms with Gasteiger partial charge in [-0.05, 0) is 35.9 Å². The summed E-state index contributed by atoms with van der Waals surface area (Å²) in [6, 6.07) is 14.6. The van der Waals surface area contributed by atoms with Gasteiger partial charge in [-0.3, -0.25) is 0 Å². The third kappa shape index (κ3) is 3.02. The van der Waals surface area contributed by atoms with Crippen LogP contribution in [0.3, 0.4) is 0 Å². The van der Waals surface area contributed by atoms with E-state index in [-0.39, 0.29) is 5.75 Å². The summed E-state index contributed by atoms with van der Waals surface area (Å²) >= 11 is 11.9. The number of fused-ring (bicyclic) bond motifs is 1. The smallest absolute Gasteiger partial charge is 0.141 e. The summed E-state index contributed by atoms with van der Waals surface area (Å²) in [5, 5.41) is 11.8. The van der Waals surface area contributed by atoms with Crippen LogP contribution in [0.2, 0.25) is 10.0 Å². The Kier molecular flexibility index (Phi) is 3.82. The molecule has 0 amide bonds. The number of hydrogen-bond acceptors (Lipinski definition) is 2. The van der Waals surface area contributed by atoms with Gasteiger partial charge < -0.3 is 5.11 Å². The van der Waals surface area contributed by atoms with E-state index in [2.05, 4.69) is 4.98 Å². The Bertz CT molecular complexity index is 843. The lowest BCUT2D eigenvalue weighted by Gasteiger charge is -2.01. The van der Waals surface area contributed by atoms with E-state index < -0.39 is 0 Å². The lowest BCUT2D eigenvalue weighted by atomic mass is 10.1. The van der Waals surface area contributed by atoms with Crippen molar-refractivity contribution >= 4 is 46.3 Å². The van der Waals surface area contributed by atoms with Crippen LogP contribution in [-0.4, -0.2) is 10.1 Å². The highest BCUT2D eigenvalue weighted by Gasteiger charge is 2.01. The van der Waals surface area contributed by atoms with Crippen molar-refractivity contribution in [3.05, 3.63) is 69.8 Å². The molecule has 0 saturated carbocycles. The molecule has 0 unspecified atom stereocenters. The lowest BCUT2D eigenvalue weighted by Crippen LogP contribution is -1.83. The van der Waals surface area contributed by atoms with Gasteiger partial charge in [0.25, 0.3) is 0 Å². The Morgan fingerprint density at radius 1 is 0.905 bits per heavy atom. The van der Waals surface area contributed by atoms with Gasteiger partial charge in [0.2, 0.25) is 0 Å². The zero-order valence-electron chi connectivity index (χ0n) is 10.9. The van der Waals surface area contributed by atoms with E-state index in [1.54, 1.807) is 24.3 Å². The van der Waals surface area contributed by atoms with Crippen LogP contribution in [0, 0.1) is 0 Å². The van der Waals surface area contributed by atoms with E-state index in [0.717, 1.165) is 16.6 Å². The summed E-state index contributed by atoms with van der Waals surface area (Å²) in [5.41, 5.74) is 2.28. The third-order valence-electron chi connectivity index (χ3n) is 3.11. The molecule has 21 heavy (non-hydrogen) atoms. The highest BCUT2D eigenvalue weighted by molar-refractivity contribution is 6.42. The van der Waals surface area contributed by atoms with E-state index in [1.807, 2.05) is 36.4 Å². The van der Waals surface area contributed by atoms with Crippen molar-refractivity contribution in [1.29, 1.82) is 0 Å². The lowest BCUT2D eigenvalue weighted by molar-refractivity contribution is 0.480. The molecule has 1 aromatic heterocycles. The zero-order chi connectivity index (χ0) is 14.8. The number of pyridine rings is 1. The number of hydrogen-bond donors (Lipinski definition) is 1. The predicted octanol–water partition coefficient (Wildman–Crippen LogP) is 5.42. The molecule has 0 atom stereocenters. The second-order valence-electron chi connectivity index (χ2n) is 4.59. The Morgan fingerprint density at radius 3 is 2.57 bits per heavy atom. The van der Waals surface area contributed by atoms with Crippen LogP contribution in [-0.2, 0) is 0 Å². The molecule has 0 fully saturated rings. The van der Waals surface area contributed by atoms with E-state index in [1.165, 1.54) is 0 Å². The molecule has 104 valence electrons. The Labute approximate surface area is 132 Å². The molecule has 0 radical (unpaired) electrons. The maximum Gasteiger partial charge on any atom is 0.141 e. The largest absolute Gasteiger partial charge is 0.506 e. The van der Waals surface area contributed by atoms with Crippen LogP contribution in [0.1, 0.15) is 11.3 Å². The summed E-state index contributed by atoms with van der Waals surface area (Å²) in [5.74, 6) is 0.178. The van der Waals surface area contributed by atoms with Gasteiger partial charge in [0.15, 0.2) is 0 Å². The summed E-state index contributed by atoms with van der Waals surface area (Å²) in [4.78, 5) is 4.43. The van der Waals surface area contributed by atoms with Crippen molar-refractivity contribution in [2.45, 2.75) is 0 Å². The highest BCUT2D eigenvalue weighted by Crippen LogP contribution is 2.25. The van der Waals surface area contributed by atoms with Gasteiger partial charge in [0.05, 0.1) is 15.7 Å². The first-order chi connectivity index (χ1) is 10.1. The minimum atomic E-state index is 0.178. The molecule has 3 rings (SSSR count). The van der Waals surface area contributed by atoms with Crippen LogP contribution < -0.4 is 0 Å². The molecular weight excluding hydrogens is 305 g/mol. The van der Waals surface area contributed by atoms with Gasteiger partial charge in [0.1, 0.15) is 11.3 Å². The normalized spacial score (nSPS) is 11.3. The van der Waals surface area contributed by atoms with Crippen LogP contribution in [0.4, 0.5) is 0 Å². The molecular formula is C17H11Cl2NO. The molecule has 0 bridgehead atoms. The minimum absolute atomic E-state index is 0.178. The second kappa shape index (κ2) is 5.76. The molecule has 0 aliphatic heterocycles. The van der Waals surface area contributed by atoms with Gasteiger partial charge in [0, 0.05) is 5.39 Å². The first-order valence-corrected chi connectivity index (χ1v) is 7.11. The maximum atomic E-state index is 9.83. The number of halogens is 2. The topological polar surface area (TPSA) is 33.1 Å². The molecule has 0 spiro atoms. The van der Waals surface area contributed by atoms with Crippen LogP contribution >= 0.6 is 23.2 Å². The highest BCUT2D eigenvalue weighted by atomic mass is 35.5. The quantitative estimate of drug-likeness (QED) is 0.685. The number of benzene rings is 2. The maximum absolute atomic E-state index is 9.83. The van der Waals surface area contributed by atoms with Gasteiger partial charge in [-0.15, -0.1) is 0 Å². The van der Waals surface area contributed by atoms with Gasteiger partial charge in [-0.2, -0.15) is 0 Å². The molecule has 2 aromatic carbocycles. The summed E-state index contributed by atoms with van der Waals surface area (Å²) in [6.07, 6.45) is 3.77. The standard InChI is InChI=1S/C17H11Cl2NO/c18-14-9-5-11(10-15(14)19)4-7-13-8-6-12-2-1-3-16(21)17(12)20-13/h1-10,21H. The van der Waals surface area contributed by atoms with Crippen molar-refractivity contribution in [2.75, 3.05) is 0 Å². The van der Waals surface area contributed by atoms with E-state index in [0.29, 0.717) is 15.6 Å². The number of phenols is 1. The SMILES string of the molecule is Oc1cccc2ccc(C=Cc3ccc(Cl)c(Cl)c3)nc12. The van der Waals surface area contributed by atoms with Crippen LogP contribution in [0.5, 0.6) is 5.75 Å². The molecule has 0 aliphatic carbocycles. The van der Waals surface area contributed by atoms with E-state index in [9.17, 15) is 5.11 Å². The van der Waals surface area contributed by atoms with Gasteiger partial charge in [-0.1, -0.05) is 53.5 Å². The monoisotopic (exact) mass is 315 g/mol. The summed E-state index contributed by atoms with van der Waals surface area (Å²) < 4.78 is 0. The molecule has 1 N–H and O–H groups in total. The first kappa shape index (κ1) is 13.9. The average Bonchev–Trinajstić information content (AvgIpc) is 2.49. The van der Waals surface area contributed by atoms with Crippen molar-refractivity contribution in [2.24, 2.45) is 0 Å². The summed E-state index contributed by atoms with van der Waals surface area (Å²) in [6.45, 7) is 0. The zero-order valence-corrected chi connectivity index (χ0v) is 12.4. The molecule has 0 aliphatic rings. The number of para-hydroxylation sites is 1. The average molecular weight is 316 g/mol. The minimum Gasteiger partial charge on any atom is -0.506 e. The van der Waals surface area contributed by atoms with Crippen molar-refractivity contribution < 1.29 is 5.11 Å². The number of nitrogens with zero attached hydrogens (tertiary/aromatic N) is 1. The van der Waals surface area contributed by atoms with E-state index >= 15 is 0 Å². The Morgan fingerprint density at radius 2 is 1.76 bits per heavy atom. The molecule has 3 aromatic rings. The fourth-order valence-corrected chi connectivity index (χ4v) is 2.34. The number of aromatic nitrogens is 1.